The highest BCUT2D eigenvalue weighted by molar-refractivity contribution is 6.39. The number of likely N-dealkylation sites (tertiary alicyclic amines) is 2. The summed E-state index contributed by atoms with van der Waals surface area (Å²) in [4.78, 5) is 25.5. The summed E-state index contributed by atoms with van der Waals surface area (Å²) >= 11 is 0. The van der Waals surface area contributed by atoms with Gasteiger partial charge in [0, 0.05) is 51.6 Å². The zero-order valence-corrected chi connectivity index (χ0v) is 18.1. The number of rotatable bonds is 5. The van der Waals surface area contributed by atoms with Gasteiger partial charge in [-0.25, -0.2) is 0 Å². The first-order valence-electron chi connectivity index (χ1n) is 11.0. The number of aryl methyl sites for hydroxylation is 1. The molecule has 0 bridgehead atoms. The Bertz CT molecular complexity index is 753. The van der Waals surface area contributed by atoms with Crippen LogP contribution in [0.5, 0.6) is 0 Å². The number of carbonyl (C=O) groups is 1. The molecular weight excluding hydrogens is 364 g/mol. The SMILES string of the molecule is CCc1ccc(CN2CCC3(CC(C(=O)N4CCC(N(C)C)CC4)=NO3)C2)cc1. The van der Waals surface area contributed by atoms with Crippen molar-refractivity contribution in [2.75, 3.05) is 40.3 Å². The fourth-order valence-electron chi connectivity index (χ4n) is 4.82. The minimum atomic E-state index is -0.309. The minimum Gasteiger partial charge on any atom is -0.387 e. The van der Waals surface area contributed by atoms with Gasteiger partial charge in [-0.1, -0.05) is 36.3 Å². The molecule has 0 N–H and O–H groups in total. The third-order valence-electron chi connectivity index (χ3n) is 6.80. The monoisotopic (exact) mass is 398 g/mol. The molecule has 2 saturated heterocycles. The summed E-state index contributed by atoms with van der Waals surface area (Å²) in [6, 6.07) is 9.45. The predicted molar refractivity (Wildman–Crippen MR) is 115 cm³/mol. The lowest BCUT2D eigenvalue weighted by atomic mass is 9.95. The van der Waals surface area contributed by atoms with Crippen molar-refractivity contribution in [1.82, 2.24) is 14.7 Å². The second-order valence-electron chi connectivity index (χ2n) is 9.11. The first-order chi connectivity index (χ1) is 14.0. The molecule has 3 aliphatic heterocycles. The summed E-state index contributed by atoms with van der Waals surface area (Å²) in [6.45, 7) is 6.56. The third-order valence-corrected chi connectivity index (χ3v) is 6.80. The Morgan fingerprint density at radius 3 is 2.52 bits per heavy atom. The molecule has 3 aliphatic rings. The lowest BCUT2D eigenvalue weighted by Crippen LogP contribution is -2.47. The number of carbonyl (C=O) groups excluding carboxylic acids is 1. The van der Waals surface area contributed by atoms with Crippen molar-refractivity contribution in [2.45, 2.75) is 57.2 Å². The zero-order valence-electron chi connectivity index (χ0n) is 18.1. The van der Waals surface area contributed by atoms with Crippen LogP contribution < -0.4 is 0 Å². The fraction of sp³-hybridized carbons (Fsp3) is 0.652. The van der Waals surface area contributed by atoms with E-state index in [0.29, 0.717) is 18.2 Å². The summed E-state index contributed by atoms with van der Waals surface area (Å²) < 4.78 is 0. The molecular formula is C23H34N4O2. The van der Waals surface area contributed by atoms with Gasteiger partial charge < -0.3 is 14.6 Å². The largest absolute Gasteiger partial charge is 0.387 e. The lowest BCUT2D eigenvalue weighted by molar-refractivity contribution is -0.125. The Morgan fingerprint density at radius 1 is 1.17 bits per heavy atom. The highest BCUT2D eigenvalue weighted by atomic mass is 16.7. The van der Waals surface area contributed by atoms with Crippen LogP contribution in [0, 0.1) is 0 Å². The van der Waals surface area contributed by atoms with E-state index in [-0.39, 0.29) is 11.5 Å². The van der Waals surface area contributed by atoms with Gasteiger partial charge in [-0.05, 0) is 44.5 Å². The molecule has 3 heterocycles. The summed E-state index contributed by atoms with van der Waals surface area (Å²) in [7, 11) is 4.23. The second kappa shape index (κ2) is 8.44. The maximum absolute atomic E-state index is 12.9. The Labute approximate surface area is 174 Å². The summed E-state index contributed by atoms with van der Waals surface area (Å²) in [6.07, 6.45) is 4.71. The molecule has 6 heteroatoms. The molecule has 0 aromatic heterocycles. The van der Waals surface area contributed by atoms with Crippen molar-refractivity contribution < 1.29 is 9.63 Å². The van der Waals surface area contributed by atoms with E-state index < -0.39 is 0 Å². The van der Waals surface area contributed by atoms with Crippen LogP contribution in [0.25, 0.3) is 0 Å². The van der Waals surface area contributed by atoms with Crippen molar-refractivity contribution in [3.8, 4) is 0 Å². The smallest absolute Gasteiger partial charge is 0.271 e. The Hall–Kier alpha value is -1.92. The second-order valence-corrected chi connectivity index (χ2v) is 9.11. The van der Waals surface area contributed by atoms with Gasteiger partial charge in [-0.2, -0.15) is 0 Å². The topological polar surface area (TPSA) is 48.4 Å². The number of hydrogen-bond donors (Lipinski definition) is 0. The van der Waals surface area contributed by atoms with Crippen LogP contribution in [0.2, 0.25) is 0 Å². The van der Waals surface area contributed by atoms with Crippen LogP contribution >= 0.6 is 0 Å². The Kier molecular flexibility index (Phi) is 5.93. The summed E-state index contributed by atoms with van der Waals surface area (Å²) in [5.41, 5.74) is 3.01. The highest BCUT2D eigenvalue weighted by Gasteiger charge is 2.47. The zero-order chi connectivity index (χ0) is 20.4. The molecule has 0 aliphatic carbocycles. The van der Waals surface area contributed by atoms with E-state index in [9.17, 15) is 4.79 Å². The normalized spacial score (nSPS) is 25.7. The predicted octanol–water partition coefficient (Wildman–Crippen LogP) is 2.52. The third kappa shape index (κ3) is 4.48. The quantitative estimate of drug-likeness (QED) is 0.765. The van der Waals surface area contributed by atoms with Crippen molar-refractivity contribution >= 4 is 11.6 Å². The molecule has 2 fully saturated rings. The highest BCUT2D eigenvalue weighted by Crippen LogP contribution is 2.35. The first kappa shape index (κ1) is 20.4. The van der Waals surface area contributed by atoms with Crippen LogP contribution in [0.3, 0.4) is 0 Å². The van der Waals surface area contributed by atoms with E-state index in [1.807, 2.05) is 4.90 Å². The standard InChI is InChI=1S/C23H34N4O2/c1-4-18-5-7-19(8-6-18)16-26-14-11-23(17-26)15-21(24-29-23)22(28)27-12-9-20(10-13-27)25(2)3/h5-8,20H,4,9-17H2,1-3H3. The molecule has 1 unspecified atom stereocenters. The van der Waals surface area contributed by atoms with E-state index >= 15 is 0 Å². The summed E-state index contributed by atoms with van der Waals surface area (Å²) in [5.74, 6) is 0.0766. The van der Waals surface area contributed by atoms with Gasteiger partial charge in [0.15, 0.2) is 5.60 Å². The van der Waals surface area contributed by atoms with Gasteiger partial charge in [-0.15, -0.1) is 0 Å². The van der Waals surface area contributed by atoms with Crippen LogP contribution in [-0.2, 0) is 22.6 Å². The molecule has 1 atom stereocenters. The van der Waals surface area contributed by atoms with Crippen LogP contribution in [0.1, 0.15) is 43.7 Å². The van der Waals surface area contributed by atoms with Crippen LogP contribution in [-0.4, -0.2) is 78.2 Å². The van der Waals surface area contributed by atoms with Gasteiger partial charge in [0.1, 0.15) is 5.71 Å². The van der Waals surface area contributed by atoms with Gasteiger partial charge in [-0.3, -0.25) is 9.69 Å². The number of piperidine rings is 1. The van der Waals surface area contributed by atoms with Crippen molar-refractivity contribution in [2.24, 2.45) is 5.16 Å². The number of oxime groups is 1. The van der Waals surface area contributed by atoms with Gasteiger partial charge in [0.25, 0.3) is 5.91 Å². The fourth-order valence-corrected chi connectivity index (χ4v) is 4.82. The van der Waals surface area contributed by atoms with Crippen LogP contribution in [0.15, 0.2) is 29.4 Å². The molecule has 29 heavy (non-hydrogen) atoms. The Balaban J connectivity index is 1.29. The number of hydrogen-bond acceptors (Lipinski definition) is 5. The van der Waals surface area contributed by atoms with Crippen molar-refractivity contribution in [3.05, 3.63) is 35.4 Å². The molecule has 6 nitrogen and oxygen atoms in total. The van der Waals surface area contributed by atoms with E-state index in [4.69, 9.17) is 4.84 Å². The average Bonchev–Trinajstić information content (AvgIpc) is 3.34. The number of nitrogens with zero attached hydrogens (tertiary/aromatic N) is 4. The molecule has 1 spiro atoms. The van der Waals surface area contributed by atoms with Crippen LogP contribution in [0.4, 0.5) is 0 Å². The molecule has 0 radical (unpaired) electrons. The maximum Gasteiger partial charge on any atom is 0.271 e. The van der Waals surface area contributed by atoms with E-state index in [1.54, 1.807) is 0 Å². The number of amides is 1. The Morgan fingerprint density at radius 2 is 1.86 bits per heavy atom. The van der Waals surface area contributed by atoms with Crippen molar-refractivity contribution in [1.29, 1.82) is 0 Å². The van der Waals surface area contributed by atoms with E-state index in [0.717, 1.165) is 58.4 Å². The summed E-state index contributed by atoms with van der Waals surface area (Å²) in [5, 5.41) is 4.25. The molecule has 1 aromatic carbocycles. The van der Waals surface area contributed by atoms with Gasteiger partial charge in [0.05, 0.1) is 0 Å². The minimum absolute atomic E-state index is 0.0766. The van der Waals surface area contributed by atoms with E-state index in [1.165, 1.54) is 11.1 Å². The average molecular weight is 399 g/mol. The van der Waals surface area contributed by atoms with Gasteiger partial charge in [0.2, 0.25) is 0 Å². The number of benzene rings is 1. The first-order valence-corrected chi connectivity index (χ1v) is 11.0. The molecule has 4 rings (SSSR count). The van der Waals surface area contributed by atoms with Crippen molar-refractivity contribution in [3.63, 3.8) is 0 Å². The molecule has 158 valence electrons. The molecule has 0 saturated carbocycles. The van der Waals surface area contributed by atoms with Gasteiger partial charge >= 0.3 is 0 Å². The molecule has 1 aromatic rings. The lowest BCUT2D eigenvalue weighted by Gasteiger charge is -2.35. The molecule has 1 amide bonds. The van der Waals surface area contributed by atoms with E-state index in [2.05, 4.69) is 60.2 Å². The maximum atomic E-state index is 12.9.